The van der Waals surface area contributed by atoms with Crippen LogP contribution in [0, 0.1) is 5.92 Å². The van der Waals surface area contributed by atoms with Gasteiger partial charge in [-0.25, -0.2) is 0 Å². The fourth-order valence-corrected chi connectivity index (χ4v) is 2.14. The molecule has 3 atom stereocenters. The number of amides is 1. The second kappa shape index (κ2) is 7.95. The third kappa shape index (κ3) is 5.88. The molecule has 1 aromatic carbocycles. The first-order valence-corrected chi connectivity index (χ1v) is 7.12. The monoisotopic (exact) mass is 262 g/mol. The minimum Gasteiger partial charge on any atom is -0.352 e. The molecule has 0 saturated heterocycles. The smallest absolute Gasteiger partial charge is 0.237 e. The normalized spacial score (nSPS) is 15.6. The Balaban J connectivity index is 2.40. The Morgan fingerprint density at radius 3 is 2.47 bits per heavy atom. The van der Waals surface area contributed by atoms with Crippen LogP contribution in [0.25, 0.3) is 0 Å². The van der Waals surface area contributed by atoms with Gasteiger partial charge in [-0.1, -0.05) is 50.6 Å². The second-order valence-corrected chi connectivity index (χ2v) is 5.45. The van der Waals surface area contributed by atoms with Crippen molar-refractivity contribution in [1.29, 1.82) is 0 Å². The zero-order valence-corrected chi connectivity index (χ0v) is 12.2. The van der Waals surface area contributed by atoms with E-state index >= 15 is 0 Å². The minimum atomic E-state index is -0.471. The van der Waals surface area contributed by atoms with Crippen molar-refractivity contribution in [2.45, 2.75) is 52.1 Å². The highest BCUT2D eigenvalue weighted by atomic mass is 16.2. The molecule has 0 fully saturated rings. The molecule has 0 aliphatic heterocycles. The Hall–Kier alpha value is -1.35. The van der Waals surface area contributed by atoms with Gasteiger partial charge in [0.2, 0.25) is 5.91 Å². The quantitative estimate of drug-likeness (QED) is 0.793. The zero-order chi connectivity index (χ0) is 14.3. The predicted octanol–water partition coefficient (Wildman–Crippen LogP) is 2.50. The lowest BCUT2D eigenvalue weighted by Crippen LogP contribution is -2.45. The number of rotatable bonds is 7. The van der Waals surface area contributed by atoms with Crippen molar-refractivity contribution < 1.29 is 4.79 Å². The van der Waals surface area contributed by atoms with Gasteiger partial charge in [-0.05, 0) is 31.2 Å². The molecule has 1 amide bonds. The van der Waals surface area contributed by atoms with Crippen LogP contribution in [0.15, 0.2) is 30.3 Å². The van der Waals surface area contributed by atoms with Gasteiger partial charge in [0.1, 0.15) is 0 Å². The van der Waals surface area contributed by atoms with Crippen LogP contribution in [0.3, 0.4) is 0 Å². The van der Waals surface area contributed by atoms with Gasteiger partial charge >= 0.3 is 0 Å². The van der Waals surface area contributed by atoms with Crippen molar-refractivity contribution in [3.05, 3.63) is 35.9 Å². The van der Waals surface area contributed by atoms with Crippen molar-refractivity contribution in [2.75, 3.05) is 0 Å². The van der Waals surface area contributed by atoms with E-state index in [1.54, 1.807) is 0 Å². The largest absolute Gasteiger partial charge is 0.352 e. The Labute approximate surface area is 116 Å². The molecule has 0 aromatic heterocycles. The Morgan fingerprint density at radius 2 is 1.89 bits per heavy atom. The Bertz CT molecular complexity index is 378. The van der Waals surface area contributed by atoms with Crippen LogP contribution < -0.4 is 11.1 Å². The molecule has 0 aliphatic rings. The van der Waals surface area contributed by atoms with Crippen LogP contribution in [0.2, 0.25) is 0 Å². The maximum atomic E-state index is 12.0. The molecule has 3 nitrogen and oxygen atoms in total. The van der Waals surface area contributed by atoms with E-state index in [1.807, 2.05) is 37.3 Å². The van der Waals surface area contributed by atoms with Gasteiger partial charge in [-0.3, -0.25) is 4.79 Å². The molecule has 3 N–H and O–H groups in total. The molecule has 1 aromatic rings. The van der Waals surface area contributed by atoms with Gasteiger partial charge in [0, 0.05) is 6.04 Å². The molecule has 0 radical (unpaired) electrons. The van der Waals surface area contributed by atoms with Crippen LogP contribution in [-0.2, 0) is 11.2 Å². The van der Waals surface area contributed by atoms with Gasteiger partial charge in [0.25, 0.3) is 0 Å². The van der Waals surface area contributed by atoms with Crippen molar-refractivity contribution >= 4 is 5.91 Å². The first-order chi connectivity index (χ1) is 9.02. The summed E-state index contributed by atoms with van der Waals surface area (Å²) in [6, 6.07) is 9.59. The third-order valence-electron chi connectivity index (χ3n) is 3.48. The van der Waals surface area contributed by atoms with E-state index in [9.17, 15) is 4.79 Å². The topological polar surface area (TPSA) is 55.1 Å². The summed E-state index contributed by atoms with van der Waals surface area (Å²) in [7, 11) is 0. The van der Waals surface area contributed by atoms with E-state index in [0.29, 0.717) is 12.3 Å². The average molecular weight is 262 g/mol. The molecular weight excluding hydrogens is 236 g/mol. The van der Waals surface area contributed by atoms with Crippen LogP contribution in [0.1, 0.15) is 39.2 Å². The molecule has 0 bridgehead atoms. The summed E-state index contributed by atoms with van der Waals surface area (Å²) in [6.45, 7) is 6.41. The second-order valence-electron chi connectivity index (χ2n) is 5.45. The van der Waals surface area contributed by atoms with Crippen molar-refractivity contribution in [1.82, 2.24) is 5.32 Å². The molecule has 1 rings (SSSR count). The minimum absolute atomic E-state index is 0.0559. The van der Waals surface area contributed by atoms with E-state index in [2.05, 4.69) is 19.2 Å². The maximum absolute atomic E-state index is 12.0. The summed E-state index contributed by atoms with van der Waals surface area (Å²) in [5.41, 5.74) is 7.05. The number of benzene rings is 1. The SMILES string of the molecule is CCC(C)CC(C)NC(=O)[C@@H](N)Cc1ccccc1. The molecule has 3 heteroatoms. The number of carbonyl (C=O) groups excluding carboxylic acids is 1. The number of hydrogen-bond acceptors (Lipinski definition) is 2. The fraction of sp³-hybridized carbons (Fsp3) is 0.562. The summed E-state index contributed by atoms with van der Waals surface area (Å²) >= 11 is 0. The highest BCUT2D eigenvalue weighted by molar-refractivity contribution is 5.82. The zero-order valence-electron chi connectivity index (χ0n) is 12.2. The first-order valence-electron chi connectivity index (χ1n) is 7.12. The first kappa shape index (κ1) is 15.7. The van der Waals surface area contributed by atoms with Crippen molar-refractivity contribution in [3.63, 3.8) is 0 Å². The van der Waals surface area contributed by atoms with Gasteiger partial charge in [0.15, 0.2) is 0 Å². The highest BCUT2D eigenvalue weighted by Crippen LogP contribution is 2.09. The Morgan fingerprint density at radius 1 is 1.26 bits per heavy atom. The number of carbonyl (C=O) groups is 1. The van der Waals surface area contributed by atoms with Crippen LogP contribution in [0.4, 0.5) is 0 Å². The highest BCUT2D eigenvalue weighted by Gasteiger charge is 2.17. The van der Waals surface area contributed by atoms with Crippen molar-refractivity contribution in [2.24, 2.45) is 11.7 Å². The number of nitrogens with one attached hydrogen (secondary N) is 1. The number of nitrogens with two attached hydrogens (primary N) is 1. The molecule has 0 aliphatic carbocycles. The molecule has 106 valence electrons. The average Bonchev–Trinajstić information content (AvgIpc) is 2.39. The van der Waals surface area contributed by atoms with E-state index in [1.165, 1.54) is 0 Å². The molecule has 0 spiro atoms. The standard InChI is InChI=1S/C16H26N2O/c1-4-12(2)10-13(3)18-16(19)15(17)11-14-8-6-5-7-9-14/h5-9,12-13,15H,4,10-11,17H2,1-3H3,(H,18,19)/t12?,13?,15-/m0/s1. The molecular formula is C16H26N2O. The fourth-order valence-electron chi connectivity index (χ4n) is 2.14. The van der Waals surface area contributed by atoms with E-state index < -0.39 is 6.04 Å². The van der Waals surface area contributed by atoms with Crippen LogP contribution in [0.5, 0.6) is 0 Å². The maximum Gasteiger partial charge on any atom is 0.237 e. The van der Waals surface area contributed by atoms with E-state index in [4.69, 9.17) is 5.73 Å². The van der Waals surface area contributed by atoms with E-state index in [-0.39, 0.29) is 11.9 Å². The Kier molecular flexibility index (Phi) is 6.57. The van der Waals surface area contributed by atoms with Crippen LogP contribution >= 0.6 is 0 Å². The van der Waals surface area contributed by atoms with Gasteiger partial charge in [-0.2, -0.15) is 0 Å². The molecule has 2 unspecified atom stereocenters. The van der Waals surface area contributed by atoms with Crippen molar-refractivity contribution in [3.8, 4) is 0 Å². The molecule has 0 heterocycles. The van der Waals surface area contributed by atoms with Gasteiger partial charge in [0.05, 0.1) is 6.04 Å². The summed E-state index contributed by atoms with van der Waals surface area (Å²) in [5, 5.41) is 3.00. The lowest BCUT2D eigenvalue weighted by molar-refractivity contribution is -0.123. The third-order valence-corrected chi connectivity index (χ3v) is 3.48. The van der Waals surface area contributed by atoms with E-state index in [0.717, 1.165) is 18.4 Å². The molecule has 0 saturated carbocycles. The summed E-state index contributed by atoms with van der Waals surface area (Å²) in [4.78, 5) is 12.0. The molecule has 19 heavy (non-hydrogen) atoms. The lowest BCUT2D eigenvalue weighted by Gasteiger charge is -2.20. The van der Waals surface area contributed by atoms with Crippen LogP contribution in [-0.4, -0.2) is 18.0 Å². The summed E-state index contributed by atoms with van der Waals surface area (Å²) < 4.78 is 0. The van der Waals surface area contributed by atoms with Gasteiger partial charge < -0.3 is 11.1 Å². The van der Waals surface area contributed by atoms with Gasteiger partial charge in [-0.15, -0.1) is 0 Å². The summed E-state index contributed by atoms with van der Waals surface area (Å²) in [5.74, 6) is 0.570. The predicted molar refractivity (Wildman–Crippen MR) is 79.8 cm³/mol. The lowest BCUT2D eigenvalue weighted by atomic mass is 9.99. The number of hydrogen-bond donors (Lipinski definition) is 2. The summed E-state index contributed by atoms with van der Waals surface area (Å²) in [6.07, 6.45) is 2.72.